The lowest BCUT2D eigenvalue weighted by Crippen LogP contribution is -2.46. The fourth-order valence-electron chi connectivity index (χ4n) is 1.55. The molecular formula is C13H18N2O6. The SMILES string of the molecule is COC(=O)CCC(NC(=O)NCc1ccco1)C(=O)OC. The molecule has 1 heterocycles. The number of furan rings is 1. The number of rotatable bonds is 7. The minimum atomic E-state index is -0.925. The monoisotopic (exact) mass is 298 g/mol. The summed E-state index contributed by atoms with van der Waals surface area (Å²) in [6.07, 6.45) is 1.57. The summed E-state index contributed by atoms with van der Waals surface area (Å²) in [5.74, 6) is -0.525. The molecule has 1 rings (SSSR count). The Balaban J connectivity index is 2.44. The highest BCUT2D eigenvalue weighted by atomic mass is 16.5. The number of esters is 2. The van der Waals surface area contributed by atoms with E-state index in [1.54, 1.807) is 12.1 Å². The predicted molar refractivity (Wildman–Crippen MR) is 71.1 cm³/mol. The Morgan fingerprint density at radius 1 is 1.29 bits per heavy atom. The molecule has 116 valence electrons. The minimum absolute atomic E-state index is 0.00523. The summed E-state index contributed by atoms with van der Waals surface area (Å²) in [4.78, 5) is 34.3. The lowest BCUT2D eigenvalue weighted by atomic mass is 10.1. The first-order valence-corrected chi connectivity index (χ1v) is 6.28. The van der Waals surface area contributed by atoms with Crippen molar-refractivity contribution >= 4 is 18.0 Å². The Hall–Kier alpha value is -2.51. The van der Waals surface area contributed by atoms with Gasteiger partial charge >= 0.3 is 18.0 Å². The maximum absolute atomic E-state index is 11.7. The molecule has 0 aliphatic carbocycles. The number of hydrogen-bond donors (Lipinski definition) is 2. The predicted octanol–water partition coefficient (Wildman–Crippen LogP) is 0.574. The van der Waals surface area contributed by atoms with Crippen molar-refractivity contribution < 1.29 is 28.3 Å². The fourth-order valence-corrected chi connectivity index (χ4v) is 1.55. The Morgan fingerprint density at radius 2 is 2.05 bits per heavy atom. The van der Waals surface area contributed by atoms with Crippen molar-refractivity contribution in [1.82, 2.24) is 10.6 Å². The first-order valence-electron chi connectivity index (χ1n) is 6.28. The van der Waals surface area contributed by atoms with Crippen molar-refractivity contribution in [2.24, 2.45) is 0 Å². The molecule has 0 aliphatic heterocycles. The second-order valence-corrected chi connectivity index (χ2v) is 4.10. The molecule has 0 aromatic carbocycles. The van der Waals surface area contributed by atoms with E-state index in [1.165, 1.54) is 20.5 Å². The van der Waals surface area contributed by atoms with Gasteiger partial charge in [-0.25, -0.2) is 9.59 Å². The molecule has 0 bridgehead atoms. The highest BCUT2D eigenvalue weighted by Crippen LogP contribution is 2.02. The summed E-state index contributed by atoms with van der Waals surface area (Å²) in [5.41, 5.74) is 0. The molecule has 2 amide bonds. The smallest absolute Gasteiger partial charge is 0.328 e. The van der Waals surface area contributed by atoms with Crippen molar-refractivity contribution in [3.8, 4) is 0 Å². The number of methoxy groups -OCH3 is 2. The van der Waals surface area contributed by atoms with Crippen LogP contribution in [-0.4, -0.2) is 38.2 Å². The normalized spacial score (nSPS) is 11.3. The molecule has 21 heavy (non-hydrogen) atoms. The van der Waals surface area contributed by atoms with Crippen LogP contribution in [0.5, 0.6) is 0 Å². The number of carbonyl (C=O) groups is 3. The van der Waals surface area contributed by atoms with E-state index in [0.717, 1.165) is 0 Å². The zero-order chi connectivity index (χ0) is 15.7. The van der Waals surface area contributed by atoms with Gasteiger partial charge in [-0.1, -0.05) is 0 Å². The van der Waals surface area contributed by atoms with Crippen LogP contribution in [0.15, 0.2) is 22.8 Å². The number of carbonyl (C=O) groups excluding carboxylic acids is 3. The first-order chi connectivity index (χ1) is 10.1. The fraction of sp³-hybridized carbons (Fsp3) is 0.462. The largest absolute Gasteiger partial charge is 0.469 e. The van der Waals surface area contributed by atoms with Crippen LogP contribution in [-0.2, 0) is 25.6 Å². The van der Waals surface area contributed by atoms with Crippen LogP contribution in [0.25, 0.3) is 0 Å². The number of urea groups is 1. The maximum atomic E-state index is 11.7. The van der Waals surface area contributed by atoms with E-state index >= 15 is 0 Å². The summed E-state index contributed by atoms with van der Waals surface area (Å²) >= 11 is 0. The minimum Gasteiger partial charge on any atom is -0.469 e. The third-order valence-electron chi connectivity index (χ3n) is 2.66. The third kappa shape index (κ3) is 5.98. The van der Waals surface area contributed by atoms with Crippen LogP contribution in [0.4, 0.5) is 4.79 Å². The van der Waals surface area contributed by atoms with Gasteiger partial charge in [-0.3, -0.25) is 4.79 Å². The van der Waals surface area contributed by atoms with Gasteiger partial charge in [0.25, 0.3) is 0 Å². The third-order valence-corrected chi connectivity index (χ3v) is 2.66. The van der Waals surface area contributed by atoms with E-state index in [9.17, 15) is 14.4 Å². The van der Waals surface area contributed by atoms with Crippen molar-refractivity contribution in [3.63, 3.8) is 0 Å². The number of hydrogen-bond acceptors (Lipinski definition) is 6. The average molecular weight is 298 g/mol. The standard InChI is InChI=1S/C13H18N2O6/c1-19-11(16)6-5-10(12(17)20-2)15-13(18)14-8-9-4-3-7-21-9/h3-4,7,10H,5-6,8H2,1-2H3,(H2,14,15,18). The summed E-state index contributed by atoms with van der Waals surface area (Å²) in [6, 6.07) is 1.91. The van der Waals surface area contributed by atoms with Crippen LogP contribution in [0.2, 0.25) is 0 Å². The quantitative estimate of drug-likeness (QED) is 0.713. The molecule has 1 aromatic rings. The van der Waals surface area contributed by atoms with E-state index in [0.29, 0.717) is 5.76 Å². The second-order valence-electron chi connectivity index (χ2n) is 4.10. The van der Waals surface area contributed by atoms with Gasteiger partial charge in [0.2, 0.25) is 0 Å². The molecule has 8 heteroatoms. The molecule has 0 radical (unpaired) electrons. The van der Waals surface area contributed by atoms with Crippen molar-refractivity contribution in [2.45, 2.75) is 25.4 Å². The number of ether oxygens (including phenoxy) is 2. The van der Waals surface area contributed by atoms with Crippen molar-refractivity contribution in [1.29, 1.82) is 0 Å². The summed E-state index contributed by atoms with van der Waals surface area (Å²) < 4.78 is 14.1. The molecule has 0 fully saturated rings. The van der Waals surface area contributed by atoms with Gasteiger partial charge in [-0.05, 0) is 18.6 Å². The zero-order valence-electron chi connectivity index (χ0n) is 11.9. The molecule has 1 atom stereocenters. The van der Waals surface area contributed by atoms with Gasteiger partial charge in [0.15, 0.2) is 0 Å². The molecule has 8 nitrogen and oxygen atoms in total. The Kier molecular flexibility index (Phi) is 6.79. The topological polar surface area (TPSA) is 107 Å². The first kappa shape index (κ1) is 16.5. The molecule has 0 aliphatic rings. The Labute approximate surface area is 121 Å². The van der Waals surface area contributed by atoms with Gasteiger partial charge in [0, 0.05) is 6.42 Å². The van der Waals surface area contributed by atoms with Gasteiger partial charge in [0.1, 0.15) is 11.8 Å². The highest BCUT2D eigenvalue weighted by Gasteiger charge is 2.22. The van der Waals surface area contributed by atoms with E-state index in [1.807, 2.05) is 0 Å². The van der Waals surface area contributed by atoms with E-state index in [2.05, 4.69) is 20.1 Å². The van der Waals surface area contributed by atoms with Gasteiger partial charge in [-0.15, -0.1) is 0 Å². The van der Waals surface area contributed by atoms with Crippen molar-refractivity contribution in [2.75, 3.05) is 14.2 Å². The van der Waals surface area contributed by atoms with E-state index < -0.39 is 24.0 Å². The average Bonchev–Trinajstić information content (AvgIpc) is 3.01. The van der Waals surface area contributed by atoms with Crippen molar-refractivity contribution in [3.05, 3.63) is 24.2 Å². The Morgan fingerprint density at radius 3 is 2.62 bits per heavy atom. The molecule has 0 saturated heterocycles. The molecular weight excluding hydrogens is 280 g/mol. The lowest BCUT2D eigenvalue weighted by molar-refractivity contribution is -0.144. The number of amides is 2. The zero-order valence-corrected chi connectivity index (χ0v) is 11.9. The molecule has 1 aromatic heterocycles. The van der Waals surface area contributed by atoms with Gasteiger partial charge in [0.05, 0.1) is 27.0 Å². The van der Waals surface area contributed by atoms with Crippen LogP contribution in [0.1, 0.15) is 18.6 Å². The molecule has 0 spiro atoms. The molecule has 1 unspecified atom stereocenters. The lowest BCUT2D eigenvalue weighted by Gasteiger charge is -2.16. The van der Waals surface area contributed by atoms with Crippen LogP contribution in [0.3, 0.4) is 0 Å². The van der Waals surface area contributed by atoms with Gasteiger partial charge < -0.3 is 24.5 Å². The van der Waals surface area contributed by atoms with Crippen LogP contribution in [0, 0.1) is 0 Å². The summed E-state index contributed by atoms with van der Waals surface area (Å²) in [6.45, 7) is 0.184. The van der Waals surface area contributed by atoms with Gasteiger partial charge in [-0.2, -0.15) is 0 Å². The van der Waals surface area contributed by atoms with E-state index in [4.69, 9.17) is 4.42 Å². The van der Waals surface area contributed by atoms with E-state index in [-0.39, 0.29) is 19.4 Å². The highest BCUT2D eigenvalue weighted by molar-refractivity contribution is 5.84. The molecule has 2 N–H and O–H groups in total. The van der Waals surface area contributed by atoms with Crippen LogP contribution >= 0.6 is 0 Å². The Bertz CT molecular complexity index is 471. The number of nitrogens with one attached hydrogen (secondary N) is 2. The maximum Gasteiger partial charge on any atom is 0.328 e. The summed E-state index contributed by atoms with van der Waals surface area (Å²) in [7, 11) is 2.45. The summed E-state index contributed by atoms with van der Waals surface area (Å²) in [5, 5.41) is 4.96. The second kappa shape index (κ2) is 8.62. The molecule has 0 saturated carbocycles. The van der Waals surface area contributed by atoms with Crippen LogP contribution < -0.4 is 10.6 Å².